The molecule has 5 nitrogen and oxygen atoms in total. The second-order valence-electron chi connectivity index (χ2n) is 5.44. The van der Waals surface area contributed by atoms with Gasteiger partial charge in [0.1, 0.15) is 0 Å². The molecule has 0 aliphatic carbocycles. The molecule has 1 heterocycles. The van der Waals surface area contributed by atoms with Crippen LogP contribution >= 0.6 is 11.6 Å². The highest BCUT2D eigenvalue weighted by Crippen LogP contribution is 2.15. The maximum absolute atomic E-state index is 12.3. The van der Waals surface area contributed by atoms with E-state index in [9.17, 15) is 13.2 Å². The van der Waals surface area contributed by atoms with Crippen molar-refractivity contribution in [2.45, 2.75) is 12.7 Å². The molecular formula is C14H23ClF3N5. The van der Waals surface area contributed by atoms with Gasteiger partial charge in [-0.15, -0.1) is 0 Å². The number of alkyl halides is 3. The van der Waals surface area contributed by atoms with Crippen LogP contribution in [0.5, 0.6) is 0 Å². The summed E-state index contributed by atoms with van der Waals surface area (Å²) in [6.45, 7) is 0.298. The maximum atomic E-state index is 12.3. The number of hydrogen-bond acceptors (Lipinski definition) is 2. The Labute approximate surface area is 139 Å². The predicted molar refractivity (Wildman–Crippen MR) is 86.8 cm³/mol. The first-order valence-electron chi connectivity index (χ1n) is 7.10. The van der Waals surface area contributed by atoms with Gasteiger partial charge in [-0.05, 0) is 13.1 Å². The molecule has 0 saturated carbocycles. The highest BCUT2D eigenvalue weighted by atomic mass is 35.5. The Bertz CT molecular complexity index is 527. The highest BCUT2D eigenvalue weighted by molar-refractivity contribution is 6.30. The quantitative estimate of drug-likeness (QED) is 0.629. The zero-order valence-corrected chi connectivity index (χ0v) is 14.5. The molecule has 0 aliphatic heterocycles. The normalized spacial score (nSPS) is 12.8. The average Bonchev–Trinajstić information content (AvgIpc) is 2.70. The van der Waals surface area contributed by atoms with Crippen LogP contribution in [-0.4, -0.2) is 67.3 Å². The van der Waals surface area contributed by atoms with Gasteiger partial charge in [0.05, 0.1) is 18.1 Å². The second-order valence-corrected chi connectivity index (χ2v) is 5.88. The summed E-state index contributed by atoms with van der Waals surface area (Å²) in [6.07, 6.45) is -2.37. The van der Waals surface area contributed by atoms with Gasteiger partial charge in [-0.2, -0.15) is 13.2 Å². The van der Waals surface area contributed by atoms with Crippen molar-refractivity contribution in [3.63, 3.8) is 0 Å². The van der Waals surface area contributed by atoms with E-state index in [0.29, 0.717) is 24.1 Å². The topological polar surface area (TPSA) is 35.8 Å². The fraction of sp³-hybridized carbons (Fsp3) is 0.643. The molecule has 132 valence electrons. The molecule has 0 radical (unpaired) electrons. The Balaban J connectivity index is 2.46. The summed E-state index contributed by atoms with van der Waals surface area (Å²) in [6, 6.07) is 1.86. The Kier molecular flexibility index (Phi) is 7.21. The third kappa shape index (κ3) is 7.13. The van der Waals surface area contributed by atoms with Crippen LogP contribution in [0.1, 0.15) is 5.69 Å². The third-order valence-corrected chi connectivity index (χ3v) is 3.48. The van der Waals surface area contributed by atoms with Gasteiger partial charge in [0.25, 0.3) is 0 Å². The average molecular weight is 354 g/mol. The summed E-state index contributed by atoms with van der Waals surface area (Å²) in [7, 11) is 6.83. The summed E-state index contributed by atoms with van der Waals surface area (Å²) >= 11 is 5.95. The molecule has 1 N–H and O–H groups in total. The third-order valence-electron chi connectivity index (χ3n) is 3.27. The van der Waals surface area contributed by atoms with E-state index in [0.717, 1.165) is 5.69 Å². The molecular weight excluding hydrogens is 331 g/mol. The van der Waals surface area contributed by atoms with Gasteiger partial charge in [0.15, 0.2) is 5.96 Å². The molecule has 0 unspecified atom stereocenters. The van der Waals surface area contributed by atoms with Gasteiger partial charge in [-0.3, -0.25) is 9.89 Å². The van der Waals surface area contributed by atoms with Crippen LogP contribution < -0.4 is 5.32 Å². The summed E-state index contributed by atoms with van der Waals surface area (Å²) in [5.74, 6) is 0.614. The monoisotopic (exact) mass is 353 g/mol. The molecule has 1 aromatic heterocycles. The molecule has 0 spiro atoms. The van der Waals surface area contributed by atoms with E-state index in [1.807, 2.05) is 35.8 Å². The number of halogens is 4. The van der Waals surface area contributed by atoms with E-state index < -0.39 is 12.7 Å². The minimum atomic E-state index is -4.18. The Hall–Kier alpha value is -1.41. The summed E-state index contributed by atoms with van der Waals surface area (Å²) in [5, 5.41) is 3.72. The van der Waals surface area contributed by atoms with Crippen molar-refractivity contribution in [3.8, 4) is 0 Å². The van der Waals surface area contributed by atoms with E-state index in [1.54, 1.807) is 7.05 Å². The van der Waals surface area contributed by atoms with Crippen molar-refractivity contribution in [1.29, 1.82) is 0 Å². The predicted octanol–water partition coefficient (Wildman–Crippen LogP) is 2.18. The second kappa shape index (κ2) is 8.44. The smallest absolute Gasteiger partial charge is 0.355 e. The Morgan fingerprint density at radius 1 is 1.39 bits per heavy atom. The van der Waals surface area contributed by atoms with E-state index in [4.69, 9.17) is 11.6 Å². The lowest BCUT2D eigenvalue weighted by molar-refractivity contribution is -0.142. The number of nitrogens with one attached hydrogen (secondary N) is 1. The fourth-order valence-corrected chi connectivity index (χ4v) is 2.44. The largest absolute Gasteiger partial charge is 0.401 e. The Morgan fingerprint density at radius 3 is 2.52 bits per heavy atom. The molecule has 1 rings (SSSR count). The molecule has 9 heteroatoms. The number of likely N-dealkylation sites (N-methyl/N-ethyl adjacent to an activating group) is 1. The zero-order valence-electron chi connectivity index (χ0n) is 13.8. The van der Waals surface area contributed by atoms with E-state index in [-0.39, 0.29) is 6.54 Å². The van der Waals surface area contributed by atoms with E-state index in [1.165, 1.54) is 11.9 Å². The highest BCUT2D eigenvalue weighted by Gasteiger charge is 2.28. The van der Waals surface area contributed by atoms with Crippen molar-refractivity contribution in [2.75, 3.05) is 40.8 Å². The first-order chi connectivity index (χ1) is 10.6. The van der Waals surface area contributed by atoms with Crippen molar-refractivity contribution in [3.05, 3.63) is 23.0 Å². The minimum Gasteiger partial charge on any atom is -0.355 e. The maximum Gasteiger partial charge on any atom is 0.401 e. The number of aliphatic imine (C=N–C) groups is 1. The van der Waals surface area contributed by atoms with Gasteiger partial charge in [0.2, 0.25) is 0 Å². The first kappa shape index (κ1) is 19.6. The van der Waals surface area contributed by atoms with Crippen molar-refractivity contribution < 1.29 is 13.2 Å². The molecule has 1 aromatic rings. The number of guanidine groups is 1. The van der Waals surface area contributed by atoms with Crippen LogP contribution in [0, 0.1) is 0 Å². The summed E-state index contributed by atoms with van der Waals surface area (Å²) in [4.78, 5) is 7.24. The number of rotatable bonds is 6. The lowest BCUT2D eigenvalue weighted by Gasteiger charge is -2.24. The Morgan fingerprint density at radius 2 is 2.04 bits per heavy atom. The number of hydrogen-bond donors (Lipinski definition) is 1. The van der Waals surface area contributed by atoms with Gasteiger partial charge in [0, 0.05) is 46.1 Å². The molecule has 0 aromatic carbocycles. The zero-order chi connectivity index (χ0) is 17.6. The molecule has 0 bridgehead atoms. The number of nitrogens with zero attached hydrogens (tertiary/aromatic N) is 4. The molecule has 23 heavy (non-hydrogen) atoms. The molecule has 0 atom stereocenters. The van der Waals surface area contributed by atoms with E-state index in [2.05, 4.69) is 10.3 Å². The lowest BCUT2D eigenvalue weighted by atomic mass is 10.4. The molecule has 0 saturated heterocycles. The van der Waals surface area contributed by atoms with E-state index >= 15 is 0 Å². The van der Waals surface area contributed by atoms with Crippen molar-refractivity contribution >= 4 is 17.6 Å². The first-order valence-corrected chi connectivity index (χ1v) is 7.48. The number of aryl methyl sites for hydroxylation is 1. The van der Waals surface area contributed by atoms with Gasteiger partial charge >= 0.3 is 6.18 Å². The number of aromatic nitrogens is 1. The van der Waals surface area contributed by atoms with Crippen molar-refractivity contribution in [1.82, 2.24) is 19.7 Å². The lowest BCUT2D eigenvalue weighted by Crippen LogP contribution is -2.43. The molecule has 0 aliphatic rings. The molecule has 0 fully saturated rings. The van der Waals surface area contributed by atoms with Crippen molar-refractivity contribution in [2.24, 2.45) is 12.0 Å². The van der Waals surface area contributed by atoms with Gasteiger partial charge in [-0.25, -0.2) is 0 Å². The molecule has 0 amide bonds. The SMILES string of the molecule is CN=C(NCCN(C)CC(F)(F)F)N(C)Cc1cc(Cl)cn1C. The standard InChI is InChI=1S/C14H23ClF3N5/c1-19-13(20-5-6-21(2)10-14(16,17)18)23(4)9-12-7-11(15)8-22(12)3/h7-8H,5-6,9-10H2,1-4H3,(H,19,20). The summed E-state index contributed by atoms with van der Waals surface area (Å²) < 4.78 is 38.7. The van der Waals surface area contributed by atoms with Crippen LogP contribution in [-0.2, 0) is 13.6 Å². The van der Waals surface area contributed by atoms with Crippen LogP contribution in [0.25, 0.3) is 0 Å². The van der Waals surface area contributed by atoms with Gasteiger partial charge in [-0.1, -0.05) is 11.6 Å². The van der Waals surface area contributed by atoms with Crippen LogP contribution in [0.15, 0.2) is 17.3 Å². The fourth-order valence-electron chi connectivity index (χ4n) is 2.17. The minimum absolute atomic E-state index is 0.266. The van der Waals surface area contributed by atoms with Crippen LogP contribution in [0.3, 0.4) is 0 Å². The van der Waals surface area contributed by atoms with Crippen LogP contribution in [0.4, 0.5) is 13.2 Å². The summed E-state index contributed by atoms with van der Waals surface area (Å²) in [5.41, 5.74) is 1.01. The van der Waals surface area contributed by atoms with Crippen LogP contribution in [0.2, 0.25) is 5.02 Å². The van der Waals surface area contributed by atoms with Gasteiger partial charge < -0.3 is 14.8 Å².